The van der Waals surface area contributed by atoms with Crippen LogP contribution in [-0.2, 0) is 4.79 Å². The monoisotopic (exact) mass is 592 g/mol. The van der Waals surface area contributed by atoms with Crippen LogP contribution in [0.3, 0.4) is 0 Å². The quantitative estimate of drug-likeness (QED) is 0.182. The molecule has 0 saturated carbocycles. The number of fused-ring (bicyclic) bond motifs is 1. The molecule has 0 aliphatic carbocycles. The van der Waals surface area contributed by atoms with Crippen molar-refractivity contribution in [3.05, 3.63) is 90.0 Å². The summed E-state index contributed by atoms with van der Waals surface area (Å²) in [6, 6.07) is 17.2. The molecule has 10 heteroatoms. The van der Waals surface area contributed by atoms with Gasteiger partial charge in [-0.1, -0.05) is 38.1 Å². The number of amides is 2. The molecule has 0 spiro atoms. The van der Waals surface area contributed by atoms with Gasteiger partial charge >= 0.3 is 0 Å². The Morgan fingerprint density at radius 3 is 2.34 bits per heavy atom. The average molecular weight is 593 g/mol. The van der Waals surface area contributed by atoms with Crippen LogP contribution in [0.15, 0.2) is 73.1 Å². The zero-order chi connectivity index (χ0) is 31.0. The number of hydrogen-bond acceptors (Lipinski definition) is 6. The van der Waals surface area contributed by atoms with Crippen molar-refractivity contribution in [2.45, 2.75) is 32.6 Å². The first kappa shape index (κ1) is 28.9. The van der Waals surface area contributed by atoms with E-state index in [-0.39, 0.29) is 23.1 Å². The van der Waals surface area contributed by atoms with Gasteiger partial charge in [0, 0.05) is 42.7 Å². The molecule has 9 nitrogen and oxygen atoms in total. The van der Waals surface area contributed by atoms with Gasteiger partial charge in [0.1, 0.15) is 17.1 Å². The van der Waals surface area contributed by atoms with Crippen LogP contribution >= 0.6 is 0 Å². The highest BCUT2D eigenvalue weighted by atomic mass is 19.1. The Balaban J connectivity index is 1.23. The van der Waals surface area contributed by atoms with Gasteiger partial charge in [0.25, 0.3) is 5.91 Å². The van der Waals surface area contributed by atoms with E-state index >= 15 is 0 Å². The minimum atomic E-state index is -0.530. The van der Waals surface area contributed by atoms with E-state index in [1.54, 1.807) is 12.1 Å². The van der Waals surface area contributed by atoms with Crippen molar-refractivity contribution in [2.24, 2.45) is 5.92 Å². The largest absolute Gasteiger partial charge is 0.506 e. The molecule has 2 aromatic heterocycles. The fourth-order valence-corrected chi connectivity index (χ4v) is 5.86. The Labute approximate surface area is 253 Å². The van der Waals surface area contributed by atoms with Gasteiger partial charge in [0.2, 0.25) is 5.91 Å². The lowest BCUT2D eigenvalue weighted by Gasteiger charge is -2.33. The molecule has 5 N–H and O–H groups in total. The number of nitrogens with one attached hydrogen (secondary N) is 2. The average Bonchev–Trinajstić information content (AvgIpc) is 3.41. The predicted octanol–water partition coefficient (Wildman–Crippen LogP) is 6.33. The zero-order valence-corrected chi connectivity index (χ0v) is 24.5. The fourth-order valence-electron chi connectivity index (χ4n) is 5.86. The first-order valence-corrected chi connectivity index (χ1v) is 14.6. The molecular weight excluding hydrogens is 559 g/mol. The number of piperidine rings is 1. The number of nitrogen functional groups attached to an aromatic ring is 1. The van der Waals surface area contributed by atoms with Crippen LogP contribution in [0.25, 0.3) is 33.2 Å². The van der Waals surface area contributed by atoms with Crippen LogP contribution in [-0.4, -0.2) is 50.1 Å². The summed E-state index contributed by atoms with van der Waals surface area (Å²) in [7, 11) is 0. The highest BCUT2D eigenvalue weighted by Crippen LogP contribution is 2.38. The molecule has 6 rings (SSSR count). The van der Waals surface area contributed by atoms with Crippen molar-refractivity contribution in [2.75, 3.05) is 24.1 Å². The minimum absolute atomic E-state index is 0.00220. The molecule has 44 heavy (non-hydrogen) atoms. The molecule has 0 bridgehead atoms. The number of aromatic hydroxyl groups is 1. The number of carbonyl (C=O) groups excluding carboxylic acids is 2. The molecular formula is C34H33FN6O3. The second kappa shape index (κ2) is 11.8. The smallest absolute Gasteiger partial charge is 0.261 e. The maximum atomic E-state index is 13.4. The first-order chi connectivity index (χ1) is 21.2. The number of carbonyl (C=O) groups is 2. The predicted molar refractivity (Wildman–Crippen MR) is 169 cm³/mol. The molecule has 1 aliphatic heterocycles. The van der Waals surface area contributed by atoms with Gasteiger partial charge < -0.3 is 21.1 Å². The van der Waals surface area contributed by atoms with Crippen molar-refractivity contribution < 1.29 is 19.1 Å². The van der Waals surface area contributed by atoms with E-state index in [9.17, 15) is 19.1 Å². The molecule has 224 valence electrons. The van der Waals surface area contributed by atoms with E-state index in [0.717, 1.165) is 53.5 Å². The summed E-state index contributed by atoms with van der Waals surface area (Å²) in [5.74, 6) is -0.289. The van der Waals surface area contributed by atoms with E-state index in [0.29, 0.717) is 28.6 Å². The summed E-state index contributed by atoms with van der Waals surface area (Å²) >= 11 is 0. The number of anilines is 2. The van der Waals surface area contributed by atoms with Crippen LogP contribution in [0.2, 0.25) is 0 Å². The van der Waals surface area contributed by atoms with E-state index in [1.807, 2.05) is 30.9 Å². The van der Waals surface area contributed by atoms with E-state index in [4.69, 9.17) is 5.73 Å². The molecule has 0 atom stereocenters. The molecule has 5 aromatic rings. The Morgan fingerprint density at radius 2 is 1.66 bits per heavy atom. The summed E-state index contributed by atoms with van der Waals surface area (Å²) in [5, 5.41) is 21.8. The number of rotatable bonds is 6. The minimum Gasteiger partial charge on any atom is -0.506 e. The maximum absolute atomic E-state index is 13.4. The molecule has 2 amide bonds. The maximum Gasteiger partial charge on any atom is 0.261 e. The third-order valence-corrected chi connectivity index (χ3v) is 8.26. The van der Waals surface area contributed by atoms with Crippen molar-refractivity contribution in [1.82, 2.24) is 20.1 Å². The summed E-state index contributed by atoms with van der Waals surface area (Å²) < 4.78 is 13.4. The SMILES string of the molecule is CC(C)C(=O)N1CCC(c2cc(-c3ccc(NC(=O)c4cncc(-c5ccc(F)cc5)c4O)cc3)c3c(N)n[nH]c3c2)CC1. The lowest BCUT2D eigenvalue weighted by Crippen LogP contribution is -2.40. The van der Waals surface area contributed by atoms with E-state index < -0.39 is 11.7 Å². The van der Waals surface area contributed by atoms with E-state index in [1.165, 1.54) is 36.7 Å². The van der Waals surface area contributed by atoms with Gasteiger partial charge in [0.05, 0.1) is 10.9 Å². The third kappa shape index (κ3) is 5.58. The highest BCUT2D eigenvalue weighted by molar-refractivity contribution is 6.07. The first-order valence-electron chi connectivity index (χ1n) is 14.6. The molecule has 1 aliphatic rings. The number of likely N-dealkylation sites (tertiary alicyclic amines) is 1. The van der Waals surface area contributed by atoms with Crippen LogP contribution in [0.1, 0.15) is 48.5 Å². The summed E-state index contributed by atoms with van der Waals surface area (Å²) in [5.41, 5.74) is 11.5. The number of pyridine rings is 1. The van der Waals surface area contributed by atoms with Crippen molar-refractivity contribution in [1.29, 1.82) is 0 Å². The summed E-state index contributed by atoms with van der Waals surface area (Å²) in [6.45, 7) is 5.32. The molecule has 0 unspecified atom stereocenters. The Morgan fingerprint density at radius 1 is 1.00 bits per heavy atom. The number of nitrogens with zero attached hydrogens (tertiary/aromatic N) is 3. The second-order valence-electron chi connectivity index (χ2n) is 11.5. The van der Waals surface area contributed by atoms with Gasteiger partial charge in [-0.3, -0.25) is 19.7 Å². The highest BCUT2D eigenvalue weighted by Gasteiger charge is 2.26. The number of aromatic amines is 1. The number of hydrogen-bond donors (Lipinski definition) is 4. The van der Waals surface area contributed by atoms with Gasteiger partial charge in [-0.2, -0.15) is 5.10 Å². The van der Waals surface area contributed by atoms with E-state index in [2.05, 4.69) is 32.6 Å². The van der Waals surface area contributed by atoms with Gasteiger partial charge in [-0.15, -0.1) is 0 Å². The molecule has 3 aromatic carbocycles. The summed E-state index contributed by atoms with van der Waals surface area (Å²) in [4.78, 5) is 31.6. The van der Waals surface area contributed by atoms with Crippen LogP contribution in [0.5, 0.6) is 5.75 Å². The summed E-state index contributed by atoms with van der Waals surface area (Å²) in [6.07, 6.45) is 4.47. The fraction of sp³-hybridized carbons (Fsp3) is 0.235. The van der Waals surface area contributed by atoms with Crippen LogP contribution in [0, 0.1) is 11.7 Å². The Kier molecular flexibility index (Phi) is 7.73. The van der Waals surface area contributed by atoms with Crippen molar-refractivity contribution in [3.63, 3.8) is 0 Å². The molecule has 1 saturated heterocycles. The number of nitrogens with two attached hydrogens (primary N) is 1. The molecule has 1 fully saturated rings. The van der Waals surface area contributed by atoms with Gasteiger partial charge in [0.15, 0.2) is 5.82 Å². The second-order valence-corrected chi connectivity index (χ2v) is 11.5. The number of aromatic nitrogens is 3. The third-order valence-electron chi connectivity index (χ3n) is 8.26. The van der Waals surface area contributed by atoms with Crippen LogP contribution in [0.4, 0.5) is 15.9 Å². The van der Waals surface area contributed by atoms with Gasteiger partial charge in [-0.25, -0.2) is 4.39 Å². The van der Waals surface area contributed by atoms with Crippen molar-refractivity contribution >= 4 is 34.2 Å². The molecule has 3 heterocycles. The topological polar surface area (TPSA) is 137 Å². The molecule has 0 radical (unpaired) electrons. The van der Waals surface area contributed by atoms with Crippen LogP contribution < -0.4 is 11.1 Å². The van der Waals surface area contributed by atoms with Crippen molar-refractivity contribution in [3.8, 4) is 28.0 Å². The normalized spacial score (nSPS) is 13.9. The Hall–Kier alpha value is -5.25. The zero-order valence-electron chi connectivity index (χ0n) is 24.5. The Bertz CT molecular complexity index is 1840. The number of H-pyrrole nitrogens is 1. The number of benzene rings is 3. The van der Waals surface area contributed by atoms with Gasteiger partial charge in [-0.05, 0) is 77.4 Å². The standard InChI is InChI=1S/C34H33FN6O3/c1-19(2)34(44)41-13-11-20(12-14-41)23-15-26(30-29(16-23)39-40-32(30)36)21-5-9-25(10-6-21)38-33(43)28-18-37-17-27(31(28)42)22-3-7-24(35)8-4-22/h3-10,15-20H,11-14H2,1-2H3,(H,37,42)(H,38,43)(H3,36,39,40). The lowest BCUT2D eigenvalue weighted by molar-refractivity contribution is -0.135. The lowest BCUT2D eigenvalue weighted by atomic mass is 9.86. The number of halogens is 1.